The van der Waals surface area contributed by atoms with Crippen LogP contribution in [0.4, 0.5) is 4.39 Å². The monoisotopic (exact) mass is 573 g/mol. The van der Waals surface area contributed by atoms with Gasteiger partial charge in [0.15, 0.2) is 15.8 Å². The van der Waals surface area contributed by atoms with Gasteiger partial charge in [-0.1, -0.05) is 18.2 Å². The highest BCUT2D eigenvalue weighted by Crippen LogP contribution is 2.16. The summed E-state index contributed by atoms with van der Waals surface area (Å²) < 4.78 is 39.3. The van der Waals surface area contributed by atoms with E-state index in [0.29, 0.717) is 36.7 Å². The standard InChI is InChI=1S/C22H28FN5O2S.HI/c1-4-24-22(25-11-12-28-16(2)27-20-7-5-6-8-21(20)28)26-14-18-13-19(23)10-9-17(18)15-31(3,29)30;/h5-10,13H,4,11-12,14-15H2,1-3H3,(H2,24,25,26);1H. The number of hydrogen-bond acceptors (Lipinski definition) is 4. The second-order valence-electron chi connectivity index (χ2n) is 7.40. The highest BCUT2D eigenvalue weighted by Gasteiger charge is 2.11. The van der Waals surface area contributed by atoms with Crippen LogP contribution in [0, 0.1) is 12.7 Å². The summed E-state index contributed by atoms with van der Waals surface area (Å²) in [5, 5.41) is 6.45. The maximum atomic E-state index is 13.7. The summed E-state index contributed by atoms with van der Waals surface area (Å²) in [5.74, 6) is 0.965. The van der Waals surface area contributed by atoms with Crippen molar-refractivity contribution in [2.45, 2.75) is 32.7 Å². The highest BCUT2D eigenvalue weighted by molar-refractivity contribution is 14.0. The zero-order valence-electron chi connectivity index (χ0n) is 18.4. The fourth-order valence-electron chi connectivity index (χ4n) is 3.44. The molecule has 32 heavy (non-hydrogen) atoms. The van der Waals surface area contributed by atoms with E-state index in [1.807, 2.05) is 38.1 Å². The lowest BCUT2D eigenvalue weighted by atomic mass is 10.1. The summed E-state index contributed by atoms with van der Waals surface area (Å²) >= 11 is 0. The molecule has 0 atom stereocenters. The number of sulfone groups is 1. The minimum absolute atomic E-state index is 0. The van der Waals surface area contributed by atoms with Gasteiger partial charge in [0.05, 0.1) is 23.3 Å². The summed E-state index contributed by atoms with van der Waals surface area (Å²) in [7, 11) is -3.23. The average Bonchev–Trinajstić information content (AvgIpc) is 3.02. The van der Waals surface area contributed by atoms with Crippen LogP contribution in [-0.4, -0.2) is 43.3 Å². The van der Waals surface area contributed by atoms with E-state index in [4.69, 9.17) is 0 Å². The third-order valence-corrected chi connectivity index (χ3v) is 5.65. The second kappa shape index (κ2) is 11.6. The summed E-state index contributed by atoms with van der Waals surface area (Å²) in [4.78, 5) is 9.10. The Hall–Kier alpha value is -2.21. The third-order valence-electron chi connectivity index (χ3n) is 4.81. The molecule has 0 radical (unpaired) electrons. The molecule has 0 amide bonds. The molecule has 0 spiro atoms. The van der Waals surface area contributed by atoms with Gasteiger partial charge in [-0.05, 0) is 49.2 Å². The van der Waals surface area contributed by atoms with Crippen LogP contribution in [0.5, 0.6) is 0 Å². The zero-order chi connectivity index (χ0) is 22.4. The Bertz CT molecular complexity index is 1190. The molecule has 0 unspecified atom stereocenters. The van der Waals surface area contributed by atoms with Crippen molar-refractivity contribution in [2.24, 2.45) is 4.99 Å². The molecule has 0 aliphatic rings. The first-order chi connectivity index (χ1) is 14.8. The van der Waals surface area contributed by atoms with E-state index in [1.165, 1.54) is 18.2 Å². The number of nitrogens with zero attached hydrogens (tertiary/aromatic N) is 3. The minimum Gasteiger partial charge on any atom is -0.357 e. The van der Waals surface area contributed by atoms with Crippen LogP contribution >= 0.6 is 24.0 Å². The van der Waals surface area contributed by atoms with Crippen molar-refractivity contribution in [3.8, 4) is 0 Å². The predicted octanol–water partition coefficient (Wildman–Crippen LogP) is 3.40. The van der Waals surface area contributed by atoms with Crippen LogP contribution in [0.2, 0.25) is 0 Å². The molecule has 10 heteroatoms. The predicted molar refractivity (Wildman–Crippen MR) is 138 cm³/mol. The molecule has 1 heterocycles. The minimum atomic E-state index is -3.23. The van der Waals surface area contributed by atoms with E-state index >= 15 is 0 Å². The molecule has 174 valence electrons. The lowest BCUT2D eigenvalue weighted by Crippen LogP contribution is -2.39. The highest BCUT2D eigenvalue weighted by atomic mass is 127. The summed E-state index contributed by atoms with van der Waals surface area (Å²) in [5.41, 5.74) is 3.15. The van der Waals surface area contributed by atoms with Crippen molar-refractivity contribution in [2.75, 3.05) is 19.3 Å². The topological polar surface area (TPSA) is 88.4 Å². The summed E-state index contributed by atoms with van der Waals surface area (Å²) in [6.07, 6.45) is 1.16. The molecule has 0 aliphatic heterocycles. The van der Waals surface area contributed by atoms with Gasteiger partial charge in [0.25, 0.3) is 0 Å². The van der Waals surface area contributed by atoms with E-state index < -0.39 is 15.7 Å². The van der Waals surface area contributed by atoms with Gasteiger partial charge in [-0.3, -0.25) is 0 Å². The van der Waals surface area contributed by atoms with E-state index in [-0.39, 0.29) is 36.3 Å². The first-order valence-corrected chi connectivity index (χ1v) is 12.2. The van der Waals surface area contributed by atoms with Gasteiger partial charge in [-0.25, -0.2) is 22.8 Å². The molecule has 3 rings (SSSR count). The smallest absolute Gasteiger partial charge is 0.191 e. The van der Waals surface area contributed by atoms with Gasteiger partial charge in [0, 0.05) is 25.9 Å². The second-order valence-corrected chi connectivity index (χ2v) is 9.54. The Morgan fingerprint density at radius 2 is 1.91 bits per heavy atom. The van der Waals surface area contributed by atoms with Crippen LogP contribution < -0.4 is 10.6 Å². The Balaban J connectivity index is 0.00000363. The molecule has 0 fully saturated rings. The van der Waals surface area contributed by atoms with Gasteiger partial charge in [0.1, 0.15) is 11.6 Å². The lowest BCUT2D eigenvalue weighted by molar-refractivity contribution is 0.600. The summed E-state index contributed by atoms with van der Waals surface area (Å²) in [6.45, 7) is 6.10. The number of aromatic nitrogens is 2. The van der Waals surface area contributed by atoms with Crippen LogP contribution in [-0.2, 0) is 28.7 Å². The lowest BCUT2D eigenvalue weighted by Gasteiger charge is -2.14. The maximum absolute atomic E-state index is 13.7. The van der Waals surface area contributed by atoms with E-state index in [9.17, 15) is 12.8 Å². The molecular formula is C22H29FIN5O2S. The molecule has 0 bridgehead atoms. The number of aliphatic imine (C=N–C) groups is 1. The number of guanidine groups is 1. The Labute approximate surface area is 205 Å². The van der Waals surface area contributed by atoms with Crippen LogP contribution in [0.15, 0.2) is 47.5 Å². The number of para-hydroxylation sites is 2. The Morgan fingerprint density at radius 3 is 2.62 bits per heavy atom. The molecular weight excluding hydrogens is 544 g/mol. The normalized spacial score (nSPS) is 11.9. The molecule has 2 N–H and O–H groups in total. The van der Waals surface area contributed by atoms with Crippen molar-refractivity contribution in [3.05, 3.63) is 65.2 Å². The fraction of sp³-hybridized carbons (Fsp3) is 0.364. The molecule has 3 aromatic rings. The SMILES string of the molecule is CCNC(=NCc1cc(F)ccc1CS(C)(=O)=O)NCCn1c(C)nc2ccccc21.I. The number of nitrogens with one attached hydrogen (secondary N) is 2. The first kappa shape index (κ1) is 26.0. The van der Waals surface area contributed by atoms with Gasteiger partial charge in [-0.15, -0.1) is 24.0 Å². The molecule has 1 aromatic heterocycles. The number of benzene rings is 2. The van der Waals surface area contributed by atoms with Crippen molar-refractivity contribution in [3.63, 3.8) is 0 Å². The van der Waals surface area contributed by atoms with Gasteiger partial charge >= 0.3 is 0 Å². The largest absolute Gasteiger partial charge is 0.357 e. The Morgan fingerprint density at radius 1 is 1.16 bits per heavy atom. The van der Waals surface area contributed by atoms with Crippen LogP contribution in [0.3, 0.4) is 0 Å². The number of aryl methyl sites for hydroxylation is 1. The number of halogens is 2. The van der Waals surface area contributed by atoms with E-state index in [1.54, 1.807) is 0 Å². The van der Waals surface area contributed by atoms with Crippen LogP contribution in [0.1, 0.15) is 23.9 Å². The van der Waals surface area contributed by atoms with Gasteiger partial charge in [0.2, 0.25) is 0 Å². The number of rotatable bonds is 8. The number of hydrogen-bond donors (Lipinski definition) is 2. The molecule has 2 aromatic carbocycles. The summed E-state index contributed by atoms with van der Waals surface area (Å²) in [6, 6.07) is 12.1. The van der Waals surface area contributed by atoms with Gasteiger partial charge in [-0.2, -0.15) is 0 Å². The van der Waals surface area contributed by atoms with E-state index in [2.05, 4.69) is 25.2 Å². The van der Waals surface area contributed by atoms with Crippen molar-refractivity contribution in [1.82, 2.24) is 20.2 Å². The average molecular weight is 573 g/mol. The van der Waals surface area contributed by atoms with Crippen molar-refractivity contribution in [1.29, 1.82) is 0 Å². The van der Waals surface area contributed by atoms with E-state index in [0.717, 1.165) is 23.1 Å². The van der Waals surface area contributed by atoms with Crippen molar-refractivity contribution < 1.29 is 12.8 Å². The quantitative estimate of drug-likeness (QED) is 0.245. The molecule has 0 saturated carbocycles. The number of imidazole rings is 1. The Kier molecular flexibility index (Phi) is 9.44. The fourth-order valence-corrected chi connectivity index (χ4v) is 4.28. The molecule has 0 aliphatic carbocycles. The van der Waals surface area contributed by atoms with Crippen LogP contribution in [0.25, 0.3) is 11.0 Å². The van der Waals surface area contributed by atoms with Gasteiger partial charge < -0.3 is 15.2 Å². The zero-order valence-corrected chi connectivity index (χ0v) is 21.6. The molecule has 0 saturated heterocycles. The molecule has 7 nitrogen and oxygen atoms in total. The third kappa shape index (κ3) is 7.16. The first-order valence-electron chi connectivity index (χ1n) is 10.2. The maximum Gasteiger partial charge on any atom is 0.191 e. The van der Waals surface area contributed by atoms with Crippen molar-refractivity contribution >= 4 is 50.8 Å². The number of fused-ring (bicyclic) bond motifs is 1.